The third-order valence-electron chi connectivity index (χ3n) is 3.68. The minimum Gasteiger partial charge on any atom is -0.508 e. The monoisotopic (exact) mass is 297 g/mol. The molecular weight excluding hydrogens is 282 g/mol. The molecule has 2 aromatic carbocycles. The first-order chi connectivity index (χ1) is 10.6. The van der Waals surface area contributed by atoms with Gasteiger partial charge in [0.15, 0.2) is 0 Å². The van der Waals surface area contributed by atoms with Gasteiger partial charge in [0.1, 0.15) is 5.75 Å². The van der Waals surface area contributed by atoms with Crippen molar-refractivity contribution in [3.63, 3.8) is 0 Å². The van der Waals surface area contributed by atoms with Crippen LogP contribution in [0.15, 0.2) is 54.6 Å². The molecule has 5 nitrogen and oxygen atoms in total. The summed E-state index contributed by atoms with van der Waals surface area (Å²) in [5.74, 6) is -0.289. The Hall–Kier alpha value is -2.82. The Bertz CT molecular complexity index is 696. The summed E-state index contributed by atoms with van der Waals surface area (Å²) in [6.07, 6.45) is -0.175. The van der Waals surface area contributed by atoms with Crippen molar-refractivity contribution in [1.82, 2.24) is 5.32 Å². The first kappa shape index (κ1) is 14.1. The van der Waals surface area contributed by atoms with Crippen LogP contribution in [-0.2, 0) is 22.4 Å². The van der Waals surface area contributed by atoms with Crippen LogP contribution in [0.2, 0.25) is 0 Å². The van der Waals surface area contributed by atoms with Gasteiger partial charge in [0.25, 0.3) is 5.91 Å². The van der Waals surface area contributed by atoms with Crippen LogP contribution in [0.1, 0.15) is 11.1 Å². The summed E-state index contributed by atoms with van der Waals surface area (Å²) in [5.41, 5.74) is 0.458. The highest BCUT2D eigenvalue weighted by Crippen LogP contribution is 2.28. The molecule has 1 heterocycles. The van der Waals surface area contributed by atoms with Gasteiger partial charge < -0.3 is 9.84 Å². The summed E-state index contributed by atoms with van der Waals surface area (Å²) in [6, 6.07) is 15.9. The fourth-order valence-corrected chi connectivity index (χ4v) is 2.62. The number of alkyl carbamates (subject to hydrolysis) is 1. The number of nitrogens with one attached hydrogen (secondary N) is 1. The maximum Gasteiger partial charge on any atom is 0.415 e. The van der Waals surface area contributed by atoms with E-state index in [1.807, 2.05) is 30.3 Å². The van der Waals surface area contributed by atoms with Crippen LogP contribution in [0.5, 0.6) is 5.75 Å². The Morgan fingerprint density at radius 3 is 2.05 bits per heavy atom. The zero-order valence-corrected chi connectivity index (χ0v) is 11.8. The average molecular weight is 297 g/mol. The van der Waals surface area contributed by atoms with Crippen LogP contribution >= 0.6 is 0 Å². The van der Waals surface area contributed by atoms with Gasteiger partial charge in [0.2, 0.25) is 5.60 Å². The van der Waals surface area contributed by atoms with Crippen LogP contribution in [0, 0.1) is 0 Å². The van der Waals surface area contributed by atoms with E-state index < -0.39 is 17.6 Å². The molecule has 3 rings (SSSR count). The normalized spacial score (nSPS) is 20.5. The number of aromatic hydroxyl groups is 1. The van der Waals surface area contributed by atoms with Crippen molar-refractivity contribution in [3.8, 4) is 5.75 Å². The lowest BCUT2D eigenvalue weighted by Gasteiger charge is -2.24. The molecule has 1 aliphatic heterocycles. The second-order valence-electron chi connectivity index (χ2n) is 5.34. The van der Waals surface area contributed by atoms with E-state index in [0.29, 0.717) is 6.42 Å². The number of cyclic esters (lactones) is 1. The predicted octanol–water partition coefficient (Wildman–Crippen LogP) is 2.18. The van der Waals surface area contributed by atoms with Crippen molar-refractivity contribution in [1.29, 1.82) is 0 Å². The highest BCUT2D eigenvalue weighted by atomic mass is 16.6. The van der Waals surface area contributed by atoms with Crippen molar-refractivity contribution in [3.05, 3.63) is 65.7 Å². The molecule has 5 heteroatoms. The van der Waals surface area contributed by atoms with E-state index in [0.717, 1.165) is 11.1 Å². The largest absolute Gasteiger partial charge is 0.508 e. The molecule has 2 N–H and O–H groups in total. The van der Waals surface area contributed by atoms with Crippen LogP contribution in [0.4, 0.5) is 4.79 Å². The minimum absolute atomic E-state index is 0.147. The minimum atomic E-state index is -1.25. The topological polar surface area (TPSA) is 75.6 Å². The molecule has 1 fully saturated rings. The summed E-state index contributed by atoms with van der Waals surface area (Å²) in [7, 11) is 0. The molecular formula is C17H15NO4. The third kappa shape index (κ3) is 2.79. The second-order valence-corrected chi connectivity index (χ2v) is 5.34. The molecule has 1 unspecified atom stereocenters. The summed E-state index contributed by atoms with van der Waals surface area (Å²) < 4.78 is 5.34. The number of phenols is 1. The van der Waals surface area contributed by atoms with Crippen LogP contribution in [-0.4, -0.2) is 22.7 Å². The number of amides is 2. The SMILES string of the molecule is O=C1NC(=O)C(Cc2ccccc2)(Cc2ccc(O)cc2)O1. The molecule has 1 aliphatic rings. The van der Waals surface area contributed by atoms with Crippen LogP contribution < -0.4 is 5.32 Å². The molecule has 0 bridgehead atoms. The molecule has 0 aliphatic carbocycles. The van der Waals surface area contributed by atoms with Crippen molar-refractivity contribution < 1.29 is 19.4 Å². The Labute approximate surface area is 127 Å². The molecule has 0 spiro atoms. The second kappa shape index (κ2) is 5.52. The standard InChI is InChI=1S/C17H15NO4/c19-14-8-6-13(7-9-14)11-17(15(20)18-16(21)22-17)10-12-4-2-1-3-5-12/h1-9,19H,10-11H2,(H,18,20,21). The number of hydrogen-bond donors (Lipinski definition) is 2. The zero-order chi connectivity index (χ0) is 15.6. The molecule has 2 amide bonds. The maximum absolute atomic E-state index is 12.3. The highest BCUT2D eigenvalue weighted by molar-refractivity contribution is 6.03. The van der Waals surface area contributed by atoms with Crippen molar-refractivity contribution in [2.75, 3.05) is 0 Å². The highest BCUT2D eigenvalue weighted by Gasteiger charge is 2.48. The first-order valence-electron chi connectivity index (χ1n) is 6.94. The molecule has 0 saturated carbocycles. The number of phenolic OH excluding ortho intramolecular Hbond substituents is 1. The number of imide groups is 1. The van der Waals surface area contributed by atoms with Crippen molar-refractivity contribution in [2.45, 2.75) is 18.4 Å². The summed E-state index contributed by atoms with van der Waals surface area (Å²) >= 11 is 0. The molecule has 22 heavy (non-hydrogen) atoms. The summed E-state index contributed by atoms with van der Waals surface area (Å²) in [4.78, 5) is 23.8. The molecule has 1 atom stereocenters. The van der Waals surface area contributed by atoms with E-state index in [-0.39, 0.29) is 12.2 Å². The molecule has 0 aromatic heterocycles. The van der Waals surface area contributed by atoms with E-state index in [2.05, 4.69) is 5.32 Å². The number of hydrogen-bond acceptors (Lipinski definition) is 4. The van der Waals surface area contributed by atoms with Crippen molar-refractivity contribution >= 4 is 12.0 Å². The van der Waals surface area contributed by atoms with Gasteiger partial charge in [-0.25, -0.2) is 4.79 Å². The van der Waals surface area contributed by atoms with Gasteiger partial charge in [0.05, 0.1) is 0 Å². The van der Waals surface area contributed by atoms with Gasteiger partial charge in [-0.1, -0.05) is 42.5 Å². The fraction of sp³-hybridized carbons (Fsp3) is 0.176. The molecule has 0 radical (unpaired) electrons. The number of ether oxygens (including phenoxy) is 1. The first-order valence-corrected chi connectivity index (χ1v) is 6.94. The summed E-state index contributed by atoms with van der Waals surface area (Å²) in [6.45, 7) is 0. The van der Waals surface area contributed by atoms with Crippen LogP contribution in [0.3, 0.4) is 0 Å². The number of benzene rings is 2. The Morgan fingerprint density at radius 2 is 1.50 bits per heavy atom. The summed E-state index contributed by atoms with van der Waals surface area (Å²) in [5, 5.41) is 11.6. The van der Waals surface area contributed by atoms with Crippen molar-refractivity contribution in [2.24, 2.45) is 0 Å². The lowest BCUT2D eigenvalue weighted by molar-refractivity contribution is -0.131. The van der Waals surface area contributed by atoms with Gasteiger partial charge >= 0.3 is 6.09 Å². The third-order valence-corrected chi connectivity index (χ3v) is 3.68. The average Bonchev–Trinajstić information content (AvgIpc) is 2.76. The number of carbonyl (C=O) groups excluding carboxylic acids is 2. The van der Waals surface area contributed by atoms with Gasteiger partial charge in [-0.05, 0) is 23.3 Å². The number of carbonyl (C=O) groups is 2. The lowest BCUT2D eigenvalue weighted by Crippen LogP contribution is -2.43. The zero-order valence-electron chi connectivity index (χ0n) is 11.8. The number of rotatable bonds is 4. The van der Waals surface area contributed by atoms with Gasteiger partial charge in [-0.2, -0.15) is 0 Å². The molecule has 1 saturated heterocycles. The Morgan fingerprint density at radius 1 is 0.909 bits per heavy atom. The van der Waals surface area contributed by atoms with Crippen LogP contribution in [0.25, 0.3) is 0 Å². The quantitative estimate of drug-likeness (QED) is 0.907. The molecule has 112 valence electrons. The van der Waals surface area contributed by atoms with Gasteiger partial charge in [0, 0.05) is 12.8 Å². The predicted molar refractivity (Wildman–Crippen MR) is 79.3 cm³/mol. The Kier molecular flexibility index (Phi) is 3.55. The maximum atomic E-state index is 12.3. The van der Waals surface area contributed by atoms with E-state index >= 15 is 0 Å². The smallest absolute Gasteiger partial charge is 0.415 e. The van der Waals surface area contributed by atoms with Gasteiger partial charge in [-0.15, -0.1) is 0 Å². The Balaban J connectivity index is 1.91. The van der Waals surface area contributed by atoms with E-state index in [9.17, 15) is 14.7 Å². The van der Waals surface area contributed by atoms with E-state index in [1.165, 1.54) is 0 Å². The van der Waals surface area contributed by atoms with Gasteiger partial charge in [-0.3, -0.25) is 10.1 Å². The molecule has 2 aromatic rings. The van der Waals surface area contributed by atoms with E-state index in [4.69, 9.17) is 4.74 Å². The lowest BCUT2D eigenvalue weighted by atomic mass is 9.87. The fourth-order valence-electron chi connectivity index (χ4n) is 2.62. The van der Waals surface area contributed by atoms with E-state index in [1.54, 1.807) is 24.3 Å².